The molecule has 26 heavy (non-hydrogen) atoms. The van der Waals surface area contributed by atoms with E-state index in [0.717, 1.165) is 12.0 Å². The molecule has 142 valence electrons. The minimum atomic E-state index is -1.51. The fraction of sp³-hybridized carbons (Fsp3) is 0.714. The summed E-state index contributed by atoms with van der Waals surface area (Å²) in [6.45, 7) is 3.45. The van der Waals surface area contributed by atoms with Crippen LogP contribution in [-0.2, 0) is 9.59 Å². The normalized spacial score (nSPS) is 49.9. The summed E-state index contributed by atoms with van der Waals surface area (Å²) in [7, 11) is 0. The Morgan fingerprint density at radius 1 is 1.23 bits per heavy atom. The molecule has 0 unspecified atom stereocenters. The van der Waals surface area contributed by atoms with Gasteiger partial charge in [0.2, 0.25) is 0 Å². The van der Waals surface area contributed by atoms with Crippen LogP contribution in [0.15, 0.2) is 23.8 Å². The van der Waals surface area contributed by atoms with Gasteiger partial charge in [-0.2, -0.15) is 0 Å². The van der Waals surface area contributed by atoms with Gasteiger partial charge in [-0.1, -0.05) is 25.5 Å². The van der Waals surface area contributed by atoms with Gasteiger partial charge in [0.15, 0.2) is 11.6 Å². The maximum atomic E-state index is 12.3. The van der Waals surface area contributed by atoms with Gasteiger partial charge in [0.1, 0.15) is 12.2 Å². The first kappa shape index (κ1) is 18.1. The van der Waals surface area contributed by atoms with Gasteiger partial charge in [-0.05, 0) is 62.0 Å². The molecule has 0 aromatic rings. The Morgan fingerprint density at radius 3 is 2.62 bits per heavy atom. The van der Waals surface area contributed by atoms with Crippen LogP contribution in [0.25, 0.3) is 0 Å². The first-order valence-corrected chi connectivity index (χ1v) is 9.66. The zero-order valence-electron chi connectivity index (χ0n) is 15.4. The van der Waals surface area contributed by atoms with Crippen LogP contribution in [0.2, 0.25) is 0 Å². The summed E-state index contributed by atoms with van der Waals surface area (Å²) in [5.41, 5.74) is -1.38. The standard InChI is InChI=1S/C21H28O5/c1-19-6-3-13(23)9-12(19)10-16(24)18-14(19)4-7-20(2)15(18)5-8-21(20,26)17(25)11-22/h3,6,9,14-16,18,22,24,26H,4-5,7-8,10-11H2,1-2H3/t14-,15-,16+,18+,19-,20-,21-/m0/s1. The molecule has 4 aliphatic carbocycles. The molecule has 4 rings (SSSR count). The average molecular weight is 360 g/mol. The van der Waals surface area contributed by atoms with Crippen molar-refractivity contribution in [2.75, 3.05) is 6.61 Å². The molecule has 7 atom stereocenters. The Bertz CT molecular complexity index is 724. The van der Waals surface area contributed by atoms with Crippen LogP contribution in [0.5, 0.6) is 0 Å². The Labute approximate surface area is 153 Å². The minimum Gasteiger partial charge on any atom is -0.392 e. The maximum absolute atomic E-state index is 12.3. The molecule has 3 fully saturated rings. The summed E-state index contributed by atoms with van der Waals surface area (Å²) in [5, 5.41) is 31.5. The number of aliphatic hydroxyl groups excluding tert-OH is 2. The average Bonchev–Trinajstić information content (AvgIpc) is 2.88. The van der Waals surface area contributed by atoms with Gasteiger partial charge in [-0.3, -0.25) is 9.59 Å². The highest BCUT2D eigenvalue weighted by Crippen LogP contribution is 2.67. The number of allylic oxidation sites excluding steroid dienone is 3. The fourth-order valence-corrected chi connectivity index (χ4v) is 6.78. The molecular formula is C21H28O5. The van der Waals surface area contributed by atoms with Gasteiger partial charge < -0.3 is 15.3 Å². The second-order valence-corrected chi connectivity index (χ2v) is 9.19. The molecular weight excluding hydrogens is 332 g/mol. The number of rotatable bonds is 2. The van der Waals surface area contributed by atoms with Gasteiger partial charge in [0.05, 0.1) is 6.10 Å². The Hall–Kier alpha value is -1.30. The molecule has 3 N–H and O–H groups in total. The van der Waals surface area contributed by atoms with E-state index in [-0.39, 0.29) is 29.0 Å². The number of carbonyl (C=O) groups is 2. The van der Waals surface area contributed by atoms with Crippen LogP contribution in [-0.4, -0.2) is 45.2 Å². The summed E-state index contributed by atoms with van der Waals surface area (Å²) in [5.74, 6) is -0.323. The highest BCUT2D eigenvalue weighted by molar-refractivity contribution is 6.01. The van der Waals surface area contributed by atoms with E-state index in [1.165, 1.54) is 0 Å². The van der Waals surface area contributed by atoms with E-state index in [1.807, 2.05) is 13.0 Å². The van der Waals surface area contributed by atoms with E-state index in [9.17, 15) is 24.9 Å². The molecule has 0 amide bonds. The summed E-state index contributed by atoms with van der Waals surface area (Å²) in [6, 6.07) is 0. The lowest BCUT2D eigenvalue weighted by Gasteiger charge is -2.59. The Balaban J connectivity index is 1.74. The van der Waals surface area contributed by atoms with Gasteiger partial charge >= 0.3 is 0 Å². The van der Waals surface area contributed by atoms with Crippen molar-refractivity contribution < 1.29 is 24.9 Å². The number of ketones is 2. The summed E-state index contributed by atoms with van der Waals surface area (Å²) >= 11 is 0. The van der Waals surface area contributed by atoms with Gasteiger partial charge in [0, 0.05) is 10.8 Å². The third kappa shape index (κ3) is 2.08. The molecule has 5 heteroatoms. The third-order valence-electron chi connectivity index (χ3n) is 8.33. The number of hydrogen-bond donors (Lipinski definition) is 3. The second-order valence-electron chi connectivity index (χ2n) is 9.19. The van der Waals surface area contributed by atoms with Crippen molar-refractivity contribution in [2.24, 2.45) is 28.6 Å². The second kappa shape index (κ2) is 5.60. The van der Waals surface area contributed by atoms with Crippen molar-refractivity contribution in [1.29, 1.82) is 0 Å². The maximum Gasteiger partial charge on any atom is 0.190 e. The summed E-state index contributed by atoms with van der Waals surface area (Å²) in [6.07, 6.45) is 7.67. The van der Waals surface area contributed by atoms with E-state index in [1.54, 1.807) is 12.2 Å². The molecule has 0 aromatic heterocycles. The van der Waals surface area contributed by atoms with Gasteiger partial charge in [0.25, 0.3) is 0 Å². The van der Waals surface area contributed by atoms with Gasteiger partial charge in [-0.15, -0.1) is 0 Å². The summed E-state index contributed by atoms with van der Waals surface area (Å²) in [4.78, 5) is 24.2. The molecule has 3 saturated carbocycles. The zero-order chi connectivity index (χ0) is 18.9. The number of aliphatic hydroxyl groups is 3. The summed E-state index contributed by atoms with van der Waals surface area (Å²) < 4.78 is 0. The topological polar surface area (TPSA) is 94.8 Å². The highest BCUT2D eigenvalue weighted by Gasteiger charge is 2.67. The van der Waals surface area contributed by atoms with Crippen molar-refractivity contribution in [1.82, 2.24) is 0 Å². The first-order valence-electron chi connectivity index (χ1n) is 9.66. The van der Waals surface area contributed by atoms with Crippen LogP contribution in [0.4, 0.5) is 0 Å². The van der Waals surface area contributed by atoms with Crippen molar-refractivity contribution in [3.63, 3.8) is 0 Å². The van der Waals surface area contributed by atoms with E-state index in [0.29, 0.717) is 25.7 Å². The Kier molecular flexibility index (Phi) is 3.89. The molecule has 0 saturated heterocycles. The van der Waals surface area contributed by atoms with Crippen molar-refractivity contribution in [3.8, 4) is 0 Å². The molecule has 0 heterocycles. The quantitative estimate of drug-likeness (QED) is 0.695. The smallest absolute Gasteiger partial charge is 0.190 e. The SMILES string of the molecule is C[C@]12C=CC(=O)C=C1C[C@@H](O)[C@@H]1[C@@H]2CC[C@@]2(C)[C@H]1CC[C@]2(O)C(=O)CO. The fourth-order valence-electron chi connectivity index (χ4n) is 6.78. The van der Waals surface area contributed by atoms with E-state index >= 15 is 0 Å². The van der Waals surface area contributed by atoms with E-state index < -0.39 is 29.5 Å². The van der Waals surface area contributed by atoms with Crippen LogP contribution in [0, 0.1) is 28.6 Å². The predicted molar refractivity (Wildman–Crippen MR) is 95.0 cm³/mol. The monoisotopic (exact) mass is 360 g/mol. The van der Waals surface area contributed by atoms with Crippen LogP contribution in [0.3, 0.4) is 0 Å². The van der Waals surface area contributed by atoms with E-state index in [2.05, 4.69) is 6.92 Å². The van der Waals surface area contributed by atoms with Crippen LogP contribution < -0.4 is 0 Å². The molecule has 0 bridgehead atoms. The molecule has 0 aromatic carbocycles. The molecule has 0 radical (unpaired) electrons. The number of fused-ring (bicyclic) bond motifs is 5. The lowest BCUT2D eigenvalue weighted by Crippen LogP contribution is -2.60. The molecule has 5 nitrogen and oxygen atoms in total. The van der Waals surface area contributed by atoms with Crippen LogP contribution >= 0.6 is 0 Å². The lowest BCUT2D eigenvalue weighted by molar-refractivity contribution is -0.169. The first-order chi connectivity index (χ1) is 12.2. The highest BCUT2D eigenvalue weighted by atomic mass is 16.3. The number of Topliss-reactive ketones (excluding diaryl/α,β-unsaturated/α-hetero) is 1. The van der Waals surface area contributed by atoms with Gasteiger partial charge in [-0.25, -0.2) is 0 Å². The number of hydrogen-bond acceptors (Lipinski definition) is 5. The van der Waals surface area contributed by atoms with E-state index in [4.69, 9.17) is 0 Å². The molecule has 4 aliphatic rings. The number of carbonyl (C=O) groups excluding carboxylic acids is 2. The largest absolute Gasteiger partial charge is 0.392 e. The van der Waals surface area contributed by atoms with Crippen LogP contribution in [0.1, 0.15) is 46.0 Å². The van der Waals surface area contributed by atoms with Crippen molar-refractivity contribution in [3.05, 3.63) is 23.8 Å². The minimum absolute atomic E-state index is 0.0192. The Morgan fingerprint density at radius 2 is 1.92 bits per heavy atom. The van der Waals surface area contributed by atoms with Crippen molar-refractivity contribution in [2.45, 2.75) is 57.7 Å². The van der Waals surface area contributed by atoms with Crippen molar-refractivity contribution >= 4 is 11.6 Å². The molecule has 0 spiro atoms. The molecule has 0 aliphatic heterocycles. The lowest BCUT2D eigenvalue weighted by atomic mass is 9.46. The third-order valence-corrected chi connectivity index (χ3v) is 8.33. The zero-order valence-corrected chi connectivity index (χ0v) is 15.4. The predicted octanol–water partition coefficient (Wildman–Crippen LogP) is 1.56.